The molecule has 5 rings (SSSR count). The number of hydrogen-bond donors (Lipinski definition) is 2. The smallest absolute Gasteiger partial charge is 0.122 e. The number of nitrogens with two attached hydrogens (primary N) is 1. The minimum absolute atomic E-state index is 0.0602. The van der Waals surface area contributed by atoms with Crippen molar-refractivity contribution in [3.05, 3.63) is 83.4 Å². The van der Waals surface area contributed by atoms with Gasteiger partial charge in [0, 0.05) is 18.8 Å². The Kier molecular flexibility index (Phi) is 7.12. The molecule has 0 radical (unpaired) electrons. The van der Waals surface area contributed by atoms with Crippen LogP contribution in [0.5, 0.6) is 5.75 Å². The van der Waals surface area contributed by atoms with E-state index in [2.05, 4.69) is 60.4 Å². The molecule has 1 heterocycles. The lowest BCUT2D eigenvalue weighted by Crippen LogP contribution is -2.25. The molecule has 3 aromatic rings. The largest absolute Gasteiger partial charge is 0.489 e. The van der Waals surface area contributed by atoms with Crippen LogP contribution in [0.4, 0.5) is 5.69 Å². The van der Waals surface area contributed by atoms with Gasteiger partial charge in [-0.25, -0.2) is 0 Å². The summed E-state index contributed by atoms with van der Waals surface area (Å²) in [4.78, 5) is 2.58. The van der Waals surface area contributed by atoms with Gasteiger partial charge in [-0.2, -0.15) is 0 Å². The molecule has 0 aromatic heterocycles. The molecule has 2 aliphatic rings. The van der Waals surface area contributed by atoms with Crippen molar-refractivity contribution >= 4 is 5.69 Å². The third-order valence-electron chi connectivity index (χ3n) is 8.04. The van der Waals surface area contributed by atoms with E-state index in [1.54, 1.807) is 0 Å². The molecule has 1 aliphatic carbocycles. The summed E-state index contributed by atoms with van der Waals surface area (Å²) in [5.41, 5.74) is 13.6. The van der Waals surface area contributed by atoms with Gasteiger partial charge < -0.3 is 20.5 Å². The van der Waals surface area contributed by atoms with Crippen molar-refractivity contribution in [2.75, 3.05) is 24.6 Å². The summed E-state index contributed by atoms with van der Waals surface area (Å²) >= 11 is 0. The standard InChI is InChI=1S/C31H38N2O2/c1-2-24-8-3-4-11-30(24)35-21-23-16-27(25-9-7-10-26(18-25)29(32)20-34)19-28(17-23)33-15-14-31(22-33)12-5-6-13-31/h3-4,7-11,16-19,29,34H,2,5-6,12-15,20-22,32H2,1H3/t29-/m0/s1. The summed E-state index contributed by atoms with van der Waals surface area (Å²) in [6.07, 6.45) is 7.74. The van der Waals surface area contributed by atoms with Gasteiger partial charge in [0.25, 0.3) is 0 Å². The second-order valence-electron chi connectivity index (χ2n) is 10.4. The molecule has 3 N–H and O–H groups in total. The highest BCUT2D eigenvalue weighted by molar-refractivity contribution is 5.71. The fraction of sp³-hybridized carbons (Fsp3) is 0.419. The fourth-order valence-corrected chi connectivity index (χ4v) is 5.95. The number of rotatable bonds is 8. The van der Waals surface area contributed by atoms with Crippen LogP contribution >= 0.6 is 0 Å². The van der Waals surface area contributed by atoms with E-state index in [4.69, 9.17) is 10.5 Å². The average molecular weight is 471 g/mol. The Balaban J connectivity index is 1.47. The lowest BCUT2D eigenvalue weighted by molar-refractivity contribution is 0.268. The molecule has 3 aromatic carbocycles. The van der Waals surface area contributed by atoms with Crippen molar-refractivity contribution in [1.82, 2.24) is 0 Å². The van der Waals surface area contributed by atoms with Gasteiger partial charge in [0.2, 0.25) is 0 Å². The maximum absolute atomic E-state index is 9.56. The van der Waals surface area contributed by atoms with Gasteiger partial charge in [0.15, 0.2) is 0 Å². The monoisotopic (exact) mass is 470 g/mol. The van der Waals surface area contributed by atoms with E-state index >= 15 is 0 Å². The number of hydrogen-bond acceptors (Lipinski definition) is 4. The number of aliphatic hydroxyl groups is 1. The molecule has 1 spiro atoms. The molecule has 1 aliphatic heterocycles. The Labute approximate surface area is 209 Å². The van der Waals surface area contributed by atoms with E-state index in [0.29, 0.717) is 12.0 Å². The highest BCUT2D eigenvalue weighted by Crippen LogP contribution is 2.46. The summed E-state index contributed by atoms with van der Waals surface area (Å²) in [5.74, 6) is 0.962. The van der Waals surface area contributed by atoms with Crippen molar-refractivity contribution in [3.8, 4) is 16.9 Å². The molecule has 35 heavy (non-hydrogen) atoms. The zero-order valence-electron chi connectivity index (χ0n) is 20.9. The molecule has 1 saturated heterocycles. The zero-order valence-corrected chi connectivity index (χ0v) is 20.9. The maximum atomic E-state index is 9.56. The molecule has 1 saturated carbocycles. The van der Waals surface area contributed by atoms with E-state index in [1.165, 1.54) is 54.5 Å². The van der Waals surface area contributed by atoms with Gasteiger partial charge in [-0.1, -0.05) is 56.2 Å². The van der Waals surface area contributed by atoms with E-state index in [1.807, 2.05) is 18.2 Å². The number of anilines is 1. The number of para-hydroxylation sites is 1. The molecular weight excluding hydrogens is 432 g/mol. The molecule has 2 fully saturated rings. The number of ether oxygens (including phenoxy) is 1. The van der Waals surface area contributed by atoms with Gasteiger partial charge >= 0.3 is 0 Å². The van der Waals surface area contributed by atoms with Crippen LogP contribution in [-0.4, -0.2) is 24.8 Å². The third-order valence-corrected chi connectivity index (χ3v) is 8.04. The second kappa shape index (κ2) is 10.4. The van der Waals surface area contributed by atoms with Crippen LogP contribution in [-0.2, 0) is 13.0 Å². The first-order valence-corrected chi connectivity index (χ1v) is 13.2. The molecule has 0 unspecified atom stereocenters. The maximum Gasteiger partial charge on any atom is 0.122 e. The van der Waals surface area contributed by atoms with Crippen LogP contribution in [0.25, 0.3) is 11.1 Å². The summed E-state index contributed by atoms with van der Waals surface area (Å²) in [6.45, 7) is 4.92. The van der Waals surface area contributed by atoms with Gasteiger partial charge in [-0.3, -0.25) is 0 Å². The Hall–Kier alpha value is -2.82. The third kappa shape index (κ3) is 5.24. The zero-order chi connectivity index (χ0) is 24.3. The van der Waals surface area contributed by atoms with Crippen molar-refractivity contribution in [1.29, 1.82) is 0 Å². The van der Waals surface area contributed by atoms with Crippen molar-refractivity contribution in [2.45, 2.75) is 58.1 Å². The molecule has 4 heteroatoms. The van der Waals surface area contributed by atoms with Crippen molar-refractivity contribution < 1.29 is 9.84 Å². The van der Waals surface area contributed by atoms with Crippen molar-refractivity contribution in [3.63, 3.8) is 0 Å². The molecule has 184 valence electrons. The van der Waals surface area contributed by atoms with Gasteiger partial charge in [-0.05, 0) is 89.2 Å². The van der Waals surface area contributed by atoms with Crippen LogP contribution in [0.3, 0.4) is 0 Å². The average Bonchev–Trinajstić information content (AvgIpc) is 3.56. The topological polar surface area (TPSA) is 58.7 Å². The molecular formula is C31H38N2O2. The predicted molar refractivity (Wildman–Crippen MR) is 144 cm³/mol. The summed E-state index contributed by atoms with van der Waals surface area (Å²) in [7, 11) is 0. The Morgan fingerprint density at radius 2 is 1.80 bits per heavy atom. The lowest BCUT2D eigenvalue weighted by Gasteiger charge is -2.25. The van der Waals surface area contributed by atoms with Crippen LogP contribution < -0.4 is 15.4 Å². The van der Waals surface area contributed by atoms with Crippen LogP contribution in [0, 0.1) is 5.41 Å². The summed E-state index contributed by atoms with van der Waals surface area (Å²) < 4.78 is 6.32. The van der Waals surface area contributed by atoms with Crippen LogP contribution in [0.2, 0.25) is 0 Å². The minimum Gasteiger partial charge on any atom is -0.489 e. The van der Waals surface area contributed by atoms with E-state index in [0.717, 1.165) is 36.4 Å². The molecule has 4 nitrogen and oxygen atoms in total. The summed E-state index contributed by atoms with van der Waals surface area (Å²) in [5, 5.41) is 9.56. The highest BCUT2D eigenvalue weighted by atomic mass is 16.5. The minimum atomic E-state index is -0.368. The van der Waals surface area contributed by atoms with Gasteiger partial charge in [0.05, 0.1) is 12.6 Å². The van der Waals surface area contributed by atoms with Crippen molar-refractivity contribution in [2.24, 2.45) is 11.1 Å². The second-order valence-corrected chi connectivity index (χ2v) is 10.4. The number of benzene rings is 3. The first kappa shape index (κ1) is 23.9. The summed E-state index contributed by atoms with van der Waals surface area (Å²) in [6, 6.07) is 23.1. The predicted octanol–water partition coefficient (Wildman–Crippen LogP) is 6.26. The Bertz CT molecular complexity index is 1150. The van der Waals surface area contributed by atoms with E-state index in [9.17, 15) is 5.11 Å². The fourth-order valence-electron chi connectivity index (χ4n) is 5.95. The SMILES string of the molecule is CCc1ccccc1OCc1cc(-c2cccc([C@@H](N)CO)c2)cc(N2CCC3(CCCC3)C2)c1. The Morgan fingerprint density at radius 1 is 0.971 bits per heavy atom. The number of nitrogens with zero attached hydrogens (tertiary/aromatic N) is 1. The first-order chi connectivity index (χ1) is 17.1. The normalized spacial score (nSPS) is 17.7. The lowest BCUT2D eigenvalue weighted by atomic mass is 9.86. The molecule has 0 bridgehead atoms. The van der Waals surface area contributed by atoms with E-state index < -0.39 is 0 Å². The molecule has 0 amide bonds. The Morgan fingerprint density at radius 3 is 2.60 bits per heavy atom. The highest BCUT2D eigenvalue weighted by Gasteiger charge is 2.40. The van der Waals surface area contributed by atoms with Gasteiger partial charge in [-0.15, -0.1) is 0 Å². The quantitative estimate of drug-likeness (QED) is 0.408. The first-order valence-electron chi connectivity index (χ1n) is 13.2. The number of aryl methyl sites for hydroxylation is 1. The van der Waals surface area contributed by atoms with Crippen LogP contribution in [0.1, 0.15) is 61.8 Å². The van der Waals surface area contributed by atoms with Gasteiger partial charge in [0.1, 0.15) is 12.4 Å². The van der Waals surface area contributed by atoms with Crippen LogP contribution in [0.15, 0.2) is 66.7 Å². The number of aliphatic hydroxyl groups excluding tert-OH is 1. The molecule has 1 atom stereocenters. The van der Waals surface area contributed by atoms with E-state index in [-0.39, 0.29) is 12.6 Å².